The molecule has 1 aliphatic heterocycles. The van der Waals surface area contributed by atoms with Gasteiger partial charge in [0.1, 0.15) is 12.4 Å². The number of rotatable bonds is 4. The van der Waals surface area contributed by atoms with Crippen LogP contribution in [0.2, 0.25) is 0 Å². The Hall–Kier alpha value is -2.87. The van der Waals surface area contributed by atoms with Gasteiger partial charge in [-0.3, -0.25) is 0 Å². The first-order valence-electron chi connectivity index (χ1n) is 7.41. The SMILES string of the molecule is COC(=O)C1=C(C(=O)OC)N(c2c(C)cc(C)cc2C(=O)O)COC1. The zero-order valence-electron chi connectivity index (χ0n) is 14.4. The first kappa shape index (κ1) is 18.5. The molecule has 8 heteroatoms. The normalized spacial score (nSPS) is 14.3. The Morgan fingerprint density at radius 3 is 2.32 bits per heavy atom. The van der Waals surface area contributed by atoms with Gasteiger partial charge in [-0.05, 0) is 31.0 Å². The minimum atomic E-state index is -1.16. The van der Waals surface area contributed by atoms with E-state index in [0.717, 1.165) is 5.56 Å². The second-order valence-corrected chi connectivity index (χ2v) is 5.50. The van der Waals surface area contributed by atoms with E-state index in [2.05, 4.69) is 0 Å². The smallest absolute Gasteiger partial charge is 0.355 e. The van der Waals surface area contributed by atoms with Crippen molar-refractivity contribution in [2.24, 2.45) is 0 Å². The maximum absolute atomic E-state index is 12.3. The number of methoxy groups -OCH3 is 2. The standard InChI is InChI=1S/C17H19NO7/c1-9-5-10(2)13(11(6-9)15(19)20)18-8-25-7-12(16(21)23-3)14(18)17(22)24-4/h5-6H,7-8H2,1-4H3,(H,19,20). The number of carbonyl (C=O) groups excluding carboxylic acids is 2. The van der Waals surface area contributed by atoms with E-state index < -0.39 is 17.9 Å². The Bertz CT molecular complexity index is 767. The Balaban J connectivity index is 2.74. The van der Waals surface area contributed by atoms with Crippen LogP contribution in [0.3, 0.4) is 0 Å². The van der Waals surface area contributed by atoms with Crippen molar-refractivity contribution < 1.29 is 33.7 Å². The minimum Gasteiger partial charge on any atom is -0.478 e. The van der Waals surface area contributed by atoms with E-state index in [4.69, 9.17) is 14.2 Å². The van der Waals surface area contributed by atoms with Gasteiger partial charge in [0.15, 0.2) is 0 Å². The van der Waals surface area contributed by atoms with Crippen LogP contribution >= 0.6 is 0 Å². The van der Waals surface area contributed by atoms with Crippen molar-refractivity contribution in [2.45, 2.75) is 13.8 Å². The van der Waals surface area contributed by atoms with E-state index in [9.17, 15) is 19.5 Å². The molecule has 1 N–H and O–H groups in total. The third kappa shape index (κ3) is 3.48. The van der Waals surface area contributed by atoms with Crippen molar-refractivity contribution >= 4 is 23.6 Å². The highest BCUT2D eigenvalue weighted by molar-refractivity contribution is 6.05. The van der Waals surface area contributed by atoms with Crippen LogP contribution in [0.5, 0.6) is 0 Å². The summed E-state index contributed by atoms with van der Waals surface area (Å²) in [5.74, 6) is -2.68. The first-order valence-corrected chi connectivity index (χ1v) is 7.41. The summed E-state index contributed by atoms with van der Waals surface area (Å²) in [6, 6.07) is 3.27. The van der Waals surface area contributed by atoms with E-state index >= 15 is 0 Å². The van der Waals surface area contributed by atoms with Crippen LogP contribution in [0.4, 0.5) is 5.69 Å². The fraction of sp³-hybridized carbons (Fsp3) is 0.353. The van der Waals surface area contributed by atoms with Crippen LogP contribution in [0.1, 0.15) is 21.5 Å². The monoisotopic (exact) mass is 349 g/mol. The lowest BCUT2D eigenvalue weighted by molar-refractivity contribution is -0.140. The summed E-state index contributed by atoms with van der Waals surface area (Å²) < 4.78 is 14.9. The molecule has 0 atom stereocenters. The number of hydrogen-bond acceptors (Lipinski definition) is 7. The van der Waals surface area contributed by atoms with Gasteiger partial charge < -0.3 is 24.2 Å². The van der Waals surface area contributed by atoms with Crippen LogP contribution in [0.15, 0.2) is 23.4 Å². The van der Waals surface area contributed by atoms with Gasteiger partial charge in [0.05, 0.1) is 37.7 Å². The lowest BCUT2D eigenvalue weighted by Gasteiger charge is -2.33. The van der Waals surface area contributed by atoms with Crippen molar-refractivity contribution in [1.29, 1.82) is 0 Å². The topological polar surface area (TPSA) is 102 Å². The molecule has 0 unspecified atom stereocenters. The lowest BCUT2D eigenvalue weighted by atomic mass is 10.0. The van der Waals surface area contributed by atoms with E-state index in [0.29, 0.717) is 5.56 Å². The second-order valence-electron chi connectivity index (χ2n) is 5.50. The van der Waals surface area contributed by atoms with Crippen molar-refractivity contribution in [3.8, 4) is 0 Å². The molecule has 0 bridgehead atoms. The highest BCUT2D eigenvalue weighted by Gasteiger charge is 2.34. The zero-order chi connectivity index (χ0) is 18.7. The van der Waals surface area contributed by atoms with E-state index in [1.54, 1.807) is 19.9 Å². The molecule has 0 spiro atoms. The van der Waals surface area contributed by atoms with Gasteiger partial charge in [0.25, 0.3) is 0 Å². The molecular formula is C17H19NO7. The number of anilines is 1. The molecule has 2 rings (SSSR count). The Morgan fingerprint density at radius 1 is 1.12 bits per heavy atom. The molecule has 1 aromatic rings. The maximum Gasteiger partial charge on any atom is 0.355 e. The molecule has 0 saturated heterocycles. The highest BCUT2D eigenvalue weighted by atomic mass is 16.5. The fourth-order valence-corrected chi connectivity index (χ4v) is 2.80. The number of aryl methyl sites for hydroxylation is 2. The number of carboxylic acid groups (broad SMARTS) is 1. The van der Waals surface area contributed by atoms with Gasteiger partial charge in [-0.15, -0.1) is 0 Å². The number of nitrogens with zero attached hydrogens (tertiary/aromatic N) is 1. The number of benzene rings is 1. The zero-order valence-corrected chi connectivity index (χ0v) is 14.4. The average Bonchev–Trinajstić information content (AvgIpc) is 2.59. The summed E-state index contributed by atoms with van der Waals surface area (Å²) in [6.07, 6.45) is 0. The van der Waals surface area contributed by atoms with Crippen LogP contribution in [0, 0.1) is 13.8 Å². The van der Waals surface area contributed by atoms with Gasteiger partial charge in [0.2, 0.25) is 0 Å². The van der Waals surface area contributed by atoms with Crippen molar-refractivity contribution in [3.63, 3.8) is 0 Å². The summed E-state index contributed by atoms with van der Waals surface area (Å²) in [4.78, 5) is 37.4. The molecule has 1 heterocycles. The molecule has 8 nitrogen and oxygen atoms in total. The second kappa shape index (κ2) is 7.35. The quantitative estimate of drug-likeness (QED) is 0.814. The first-order chi connectivity index (χ1) is 11.8. The summed E-state index contributed by atoms with van der Waals surface area (Å²) in [5.41, 5.74) is 1.52. The molecule has 1 aliphatic rings. The van der Waals surface area contributed by atoms with E-state index in [1.165, 1.54) is 25.2 Å². The number of aromatic carboxylic acids is 1. The van der Waals surface area contributed by atoms with Crippen molar-refractivity contribution in [2.75, 3.05) is 32.5 Å². The molecule has 1 aromatic carbocycles. The van der Waals surface area contributed by atoms with E-state index in [1.807, 2.05) is 0 Å². The fourth-order valence-electron chi connectivity index (χ4n) is 2.80. The lowest BCUT2D eigenvalue weighted by Crippen LogP contribution is -2.39. The number of hydrogen-bond donors (Lipinski definition) is 1. The van der Waals surface area contributed by atoms with Crippen LogP contribution in [-0.2, 0) is 23.8 Å². The van der Waals surface area contributed by atoms with Gasteiger partial charge in [-0.25, -0.2) is 14.4 Å². The summed E-state index contributed by atoms with van der Waals surface area (Å²) >= 11 is 0. The Morgan fingerprint density at radius 2 is 1.76 bits per heavy atom. The average molecular weight is 349 g/mol. The molecule has 0 amide bonds. The third-order valence-corrected chi connectivity index (χ3v) is 3.78. The Kier molecular flexibility index (Phi) is 5.43. The molecule has 25 heavy (non-hydrogen) atoms. The third-order valence-electron chi connectivity index (χ3n) is 3.78. The number of ether oxygens (including phenoxy) is 3. The van der Waals surface area contributed by atoms with Gasteiger partial charge in [-0.2, -0.15) is 0 Å². The predicted octanol–water partition coefficient (Wildman–Crippen LogP) is 1.40. The molecule has 0 radical (unpaired) electrons. The molecule has 0 aromatic heterocycles. The molecular weight excluding hydrogens is 330 g/mol. The van der Waals surface area contributed by atoms with Gasteiger partial charge >= 0.3 is 17.9 Å². The van der Waals surface area contributed by atoms with Crippen LogP contribution in [-0.4, -0.2) is 50.6 Å². The Labute approximate surface area is 144 Å². The van der Waals surface area contributed by atoms with E-state index in [-0.39, 0.29) is 35.9 Å². The maximum atomic E-state index is 12.3. The van der Waals surface area contributed by atoms with Crippen molar-refractivity contribution in [3.05, 3.63) is 40.1 Å². The summed E-state index contributed by atoms with van der Waals surface area (Å²) in [6.45, 7) is 3.25. The molecule has 0 saturated carbocycles. The molecule has 134 valence electrons. The number of carboxylic acids is 1. The predicted molar refractivity (Wildman–Crippen MR) is 87.2 cm³/mol. The van der Waals surface area contributed by atoms with Gasteiger partial charge in [-0.1, -0.05) is 6.07 Å². The number of esters is 2. The number of carbonyl (C=O) groups is 3. The van der Waals surface area contributed by atoms with Gasteiger partial charge in [0, 0.05) is 0 Å². The summed E-state index contributed by atoms with van der Waals surface area (Å²) in [7, 11) is 2.36. The van der Waals surface area contributed by atoms with Crippen LogP contribution < -0.4 is 4.90 Å². The summed E-state index contributed by atoms with van der Waals surface area (Å²) in [5, 5.41) is 9.56. The highest BCUT2D eigenvalue weighted by Crippen LogP contribution is 2.33. The minimum absolute atomic E-state index is 0.00591. The molecule has 0 aliphatic carbocycles. The van der Waals surface area contributed by atoms with Crippen molar-refractivity contribution in [1.82, 2.24) is 0 Å². The largest absolute Gasteiger partial charge is 0.478 e. The van der Waals surface area contributed by atoms with Crippen LogP contribution in [0.25, 0.3) is 0 Å². The molecule has 0 fully saturated rings.